The van der Waals surface area contributed by atoms with Crippen molar-refractivity contribution in [1.82, 2.24) is 40.4 Å². The number of alkyl carbamates (subject to hydrolysis) is 2. The minimum absolute atomic E-state index is 0.0114. The molecule has 2 aromatic heterocycles. The van der Waals surface area contributed by atoms with E-state index in [1.165, 1.54) is 28.3 Å². The summed E-state index contributed by atoms with van der Waals surface area (Å²) in [4.78, 5) is 73.4. The summed E-state index contributed by atoms with van der Waals surface area (Å²) >= 11 is 0. The fraction of sp³-hybridized carbons (Fsp3) is 0.522. The molecule has 2 aliphatic heterocycles. The Morgan fingerprint density at radius 2 is 1.35 bits per heavy atom. The van der Waals surface area contributed by atoms with Gasteiger partial charge in [-0.05, 0) is 98.1 Å². The van der Waals surface area contributed by atoms with Gasteiger partial charge in [0.15, 0.2) is 0 Å². The molecule has 0 radical (unpaired) electrons. The number of methoxy groups -OCH3 is 3. The van der Waals surface area contributed by atoms with Crippen LogP contribution in [-0.2, 0) is 23.8 Å². The van der Waals surface area contributed by atoms with E-state index in [2.05, 4.69) is 63.9 Å². The number of aliphatic hydroxyl groups is 1. The van der Waals surface area contributed by atoms with Gasteiger partial charge < -0.3 is 49.7 Å². The molecular formula is C46H56N8O8. The summed E-state index contributed by atoms with van der Waals surface area (Å²) in [7, 11) is 4.03. The number of hydrogen-bond donors (Lipinski definition) is 5. The molecule has 16 nitrogen and oxygen atoms in total. The lowest BCUT2D eigenvalue weighted by atomic mass is 9.78. The molecule has 5 aliphatic rings. The van der Waals surface area contributed by atoms with Crippen LogP contribution in [0.5, 0.6) is 0 Å². The second kappa shape index (κ2) is 16.2. The van der Waals surface area contributed by atoms with Crippen LogP contribution in [0.3, 0.4) is 0 Å². The predicted molar refractivity (Wildman–Crippen MR) is 228 cm³/mol. The lowest BCUT2D eigenvalue weighted by molar-refractivity contribution is -0.140. The number of benzene rings is 2. The van der Waals surface area contributed by atoms with Gasteiger partial charge >= 0.3 is 12.2 Å². The third kappa shape index (κ3) is 7.00. The molecule has 4 aromatic rings. The van der Waals surface area contributed by atoms with Crippen LogP contribution in [0.2, 0.25) is 0 Å². The standard InChI is InChI=1S/C46H56N8O8/c1-23(55)38(51-44(58)61-5)42(56)53-34-10-7-9-27(34)19-35(53)40-47-21-32(49-40)25-12-14-28-30(17-25)29-15-13-26(18-31(28)29)33-22-48-41(50-33)36-20-46(3)16-8-11-37(46)54(36)43(57)39(24(2)60-4)52-45(59)62-6/h12-15,17-18,21-24,27,34-39,55H,7-11,16,19-20H2,1-6H3,(H,47,49)(H,48,50)(H,51,58)(H,52,59). The molecule has 0 spiro atoms. The van der Waals surface area contributed by atoms with Crippen LogP contribution in [0, 0.1) is 11.3 Å². The highest BCUT2D eigenvalue weighted by molar-refractivity contribution is 6.04. The zero-order valence-corrected chi connectivity index (χ0v) is 36.1. The number of imidazole rings is 2. The summed E-state index contributed by atoms with van der Waals surface area (Å²) in [5.41, 5.74) is 8.11. The van der Waals surface area contributed by atoms with Crippen molar-refractivity contribution in [3.63, 3.8) is 0 Å². The summed E-state index contributed by atoms with van der Waals surface area (Å²) in [5, 5.41) is 15.8. The molecule has 10 atom stereocenters. The number of H-pyrrole nitrogens is 2. The highest BCUT2D eigenvalue weighted by Gasteiger charge is 2.56. The number of hydrogen-bond acceptors (Lipinski definition) is 10. The van der Waals surface area contributed by atoms with Crippen molar-refractivity contribution in [2.45, 2.75) is 121 Å². The van der Waals surface area contributed by atoms with Gasteiger partial charge in [0.2, 0.25) is 11.8 Å². The predicted octanol–water partition coefficient (Wildman–Crippen LogP) is 6.25. The number of fused-ring (bicyclic) bond motifs is 6. The highest BCUT2D eigenvalue weighted by Crippen LogP contribution is 2.56. The van der Waals surface area contributed by atoms with E-state index in [1.807, 2.05) is 22.2 Å². The third-order valence-electron chi connectivity index (χ3n) is 14.5. The molecule has 62 heavy (non-hydrogen) atoms. The Morgan fingerprint density at radius 1 is 0.774 bits per heavy atom. The Balaban J connectivity index is 0.934. The van der Waals surface area contributed by atoms with E-state index in [0.717, 1.165) is 96.1 Å². The van der Waals surface area contributed by atoms with Gasteiger partial charge in [0.1, 0.15) is 23.7 Å². The minimum atomic E-state index is -1.14. The van der Waals surface area contributed by atoms with Crippen molar-refractivity contribution in [3.8, 4) is 44.8 Å². The molecule has 10 unspecified atom stereocenters. The fourth-order valence-electron chi connectivity index (χ4n) is 11.2. The van der Waals surface area contributed by atoms with E-state index in [9.17, 15) is 24.3 Å². The number of likely N-dealkylation sites (tertiary alicyclic amines) is 2. The maximum absolute atomic E-state index is 14.4. The summed E-state index contributed by atoms with van der Waals surface area (Å²) in [6, 6.07) is 10.1. The van der Waals surface area contributed by atoms with Crippen molar-refractivity contribution in [2.75, 3.05) is 21.3 Å². The number of amides is 4. The molecule has 2 saturated carbocycles. The lowest BCUT2D eigenvalue weighted by Gasteiger charge is -2.35. The number of carbonyl (C=O) groups excluding carboxylic acids is 4. The number of aromatic nitrogens is 4. The molecule has 5 N–H and O–H groups in total. The van der Waals surface area contributed by atoms with Crippen molar-refractivity contribution >= 4 is 24.0 Å². The molecule has 4 fully saturated rings. The average Bonchev–Trinajstić information content (AvgIpc) is 4.13. The first kappa shape index (κ1) is 41.6. The van der Waals surface area contributed by atoms with Crippen LogP contribution in [-0.4, -0.2) is 117 Å². The molecule has 4 amide bonds. The molecular weight excluding hydrogens is 793 g/mol. The average molecular weight is 849 g/mol. The van der Waals surface area contributed by atoms with Gasteiger partial charge in [-0.2, -0.15) is 0 Å². The van der Waals surface area contributed by atoms with Crippen molar-refractivity contribution < 1.29 is 38.5 Å². The molecule has 0 bridgehead atoms. The van der Waals surface area contributed by atoms with E-state index in [1.54, 1.807) is 6.92 Å². The van der Waals surface area contributed by atoms with Gasteiger partial charge in [-0.3, -0.25) is 9.59 Å². The Hall–Kier alpha value is -5.74. The van der Waals surface area contributed by atoms with Crippen LogP contribution in [0.25, 0.3) is 44.8 Å². The summed E-state index contributed by atoms with van der Waals surface area (Å²) in [6.45, 7) is 5.51. The molecule has 2 aromatic carbocycles. The Kier molecular flexibility index (Phi) is 10.9. The third-order valence-corrected chi connectivity index (χ3v) is 14.5. The van der Waals surface area contributed by atoms with E-state index >= 15 is 0 Å². The number of aliphatic hydroxyl groups excluding tert-OH is 1. The Morgan fingerprint density at radius 3 is 1.94 bits per heavy atom. The Bertz CT molecular complexity index is 2390. The second-order valence-corrected chi connectivity index (χ2v) is 18.1. The molecule has 2 saturated heterocycles. The van der Waals surface area contributed by atoms with Crippen LogP contribution in [0.1, 0.15) is 95.9 Å². The fourth-order valence-corrected chi connectivity index (χ4v) is 11.2. The summed E-state index contributed by atoms with van der Waals surface area (Å²) in [5.74, 6) is 1.17. The first-order valence-electron chi connectivity index (χ1n) is 21.8. The van der Waals surface area contributed by atoms with E-state index < -0.39 is 36.5 Å². The van der Waals surface area contributed by atoms with E-state index in [4.69, 9.17) is 24.2 Å². The summed E-state index contributed by atoms with van der Waals surface area (Å²) < 4.78 is 15.2. The normalized spacial score (nSPS) is 26.3. The zero-order valence-electron chi connectivity index (χ0n) is 36.1. The largest absolute Gasteiger partial charge is 0.453 e. The van der Waals surface area contributed by atoms with Gasteiger partial charge in [-0.25, -0.2) is 19.6 Å². The highest BCUT2D eigenvalue weighted by atomic mass is 16.5. The maximum atomic E-state index is 14.4. The monoisotopic (exact) mass is 848 g/mol. The maximum Gasteiger partial charge on any atom is 0.407 e. The number of nitrogens with one attached hydrogen (secondary N) is 4. The minimum Gasteiger partial charge on any atom is -0.453 e. The topological polar surface area (TPSA) is 204 Å². The molecule has 9 rings (SSSR count). The first-order valence-corrected chi connectivity index (χ1v) is 21.8. The van der Waals surface area contributed by atoms with Gasteiger partial charge in [-0.1, -0.05) is 44.0 Å². The van der Waals surface area contributed by atoms with Gasteiger partial charge in [0, 0.05) is 30.3 Å². The Labute approximate surface area is 360 Å². The zero-order chi connectivity index (χ0) is 43.6. The number of carbonyl (C=O) groups is 4. The molecule has 16 heteroatoms. The smallest absolute Gasteiger partial charge is 0.407 e. The molecule has 3 aliphatic carbocycles. The van der Waals surface area contributed by atoms with Crippen LogP contribution >= 0.6 is 0 Å². The van der Waals surface area contributed by atoms with Crippen LogP contribution in [0.4, 0.5) is 9.59 Å². The second-order valence-electron chi connectivity index (χ2n) is 18.1. The molecule has 328 valence electrons. The first-order chi connectivity index (χ1) is 29.8. The van der Waals surface area contributed by atoms with Crippen molar-refractivity contribution in [1.29, 1.82) is 0 Å². The van der Waals surface area contributed by atoms with E-state index in [0.29, 0.717) is 17.6 Å². The van der Waals surface area contributed by atoms with E-state index in [-0.39, 0.29) is 41.4 Å². The van der Waals surface area contributed by atoms with Gasteiger partial charge in [-0.15, -0.1) is 0 Å². The lowest BCUT2D eigenvalue weighted by Crippen LogP contribution is -2.56. The number of rotatable bonds is 11. The van der Waals surface area contributed by atoms with Crippen LogP contribution < -0.4 is 10.6 Å². The summed E-state index contributed by atoms with van der Waals surface area (Å²) in [6.07, 6.45) is 7.86. The number of ether oxygens (including phenoxy) is 3. The number of aromatic amines is 2. The van der Waals surface area contributed by atoms with Crippen molar-refractivity contribution in [3.05, 3.63) is 60.4 Å². The van der Waals surface area contributed by atoms with Gasteiger partial charge in [0.05, 0.1) is 62.3 Å². The molecule has 4 heterocycles. The van der Waals surface area contributed by atoms with Crippen LogP contribution in [0.15, 0.2) is 48.8 Å². The SMILES string of the molecule is COC(=O)NC(C(=O)N1C(c2ncc(-c3ccc4c(c3)-c3ccc(-c5cnc(C6CC7(C)CCCC7N6C(=O)C(NC(=O)OC)C(C)OC)[nH]5)cc3-4)[nH]2)CC2CCCC21)C(C)O. The quantitative estimate of drug-likeness (QED) is 0.101. The number of nitrogens with zero attached hydrogens (tertiary/aromatic N) is 4. The van der Waals surface area contributed by atoms with Crippen molar-refractivity contribution in [2.24, 2.45) is 11.3 Å². The van der Waals surface area contributed by atoms with Gasteiger partial charge in [0.25, 0.3) is 0 Å².